The van der Waals surface area contributed by atoms with E-state index in [1.54, 1.807) is 39.0 Å². The van der Waals surface area contributed by atoms with Crippen molar-refractivity contribution in [3.05, 3.63) is 33.3 Å². The minimum Gasteiger partial charge on any atom is -0.444 e. The highest BCUT2D eigenvalue weighted by molar-refractivity contribution is 9.10. The van der Waals surface area contributed by atoms with Gasteiger partial charge in [-0.3, -0.25) is 0 Å². The van der Waals surface area contributed by atoms with Crippen LogP contribution in [0.4, 0.5) is 4.79 Å². The quantitative estimate of drug-likeness (QED) is 0.874. The lowest BCUT2D eigenvalue weighted by molar-refractivity contribution is 0.0492. The number of amides is 1. The van der Waals surface area contributed by atoms with Gasteiger partial charge in [-0.25, -0.2) is 4.79 Å². The molecule has 2 N–H and O–H groups in total. The molecule has 1 amide bonds. The Morgan fingerprint density at radius 1 is 1.47 bits per heavy atom. The van der Waals surface area contributed by atoms with Crippen LogP contribution in [0.1, 0.15) is 32.4 Å². The average Bonchev–Trinajstić information content (AvgIpc) is 2.22. The SMILES string of the molecule is CC(C)(C)OC(=O)NC[C@@H](O)c1cc(Cl)cc(Br)c1. The molecule has 4 nitrogen and oxygen atoms in total. The molecule has 6 heteroatoms. The van der Waals surface area contributed by atoms with Crippen molar-refractivity contribution in [3.63, 3.8) is 0 Å². The zero-order valence-corrected chi connectivity index (χ0v) is 13.4. The van der Waals surface area contributed by atoms with Gasteiger partial charge in [0.05, 0.1) is 12.6 Å². The van der Waals surface area contributed by atoms with Gasteiger partial charge in [0.2, 0.25) is 0 Å². The van der Waals surface area contributed by atoms with Crippen molar-refractivity contribution >= 4 is 33.6 Å². The molecule has 0 saturated heterocycles. The van der Waals surface area contributed by atoms with Crippen LogP contribution in [0.15, 0.2) is 22.7 Å². The lowest BCUT2D eigenvalue weighted by atomic mass is 10.1. The van der Waals surface area contributed by atoms with Crippen LogP contribution < -0.4 is 5.32 Å². The van der Waals surface area contributed by atoms with Crippen LogP contribution >= 0.6 is 27.5 Å². The molecule has 1 atom stereocenters. The number of hydrogen-bond donors (Lipinski definition) is 2. The lowest BCUT2D eigenvalue weighted by Gasteiger charge is -2.20. The standard InChI is InChI=1S/C13H17BrClNO3/c1-13(2,3)19-12(18)16-7-11(17)8-4-9(14)6-10(15)5-8/h4-6,11,17H,7H2,1-3H3,(H,16,18)/t11-/m1/s1. The Morgan fingerprint density at radius 2 is 2.11 bits per heavy atom. The first kappa shape index (κ1) is 16.3. The van der Waals surface area contributed by atoms with Gasteiger partial charge in [-0.15, -0.1) is 0 Å². The largest absolute Gasteiger partial charge is 0.444 e. The number of aliphatic hydroxyl groups is 1. The first-order valence-electron chi connectivity index (χ1n) is 5.78. The van der Waals surface area contributed by atoms with Gasteiger partial charge in [-0.2, -0.15) is 0 Å². The maximum Gasteiger partial charge on any atom is 0.407 e. The maximum absolute atomic E-state index is 11.4. The highest BCUT2D eigenvalue weighted by Gasteiger charge is 2.17. The molecule has 0 spiro atoms. The minimum atomic E-state index is -0.845. The van der Waals surface area contributed by atoms with Gasteiger partial charge in [0, 0.05) is 9.50 Å². The predicted molar refractivity (Wildman–Crippen MR) is 78.3 cm³/mol. The number of benzene rings is 1. The van der Waals surface area contributed by atoms with Crippen molar-refractivity contribution in [2.45, 2.75) is 32.5 Å². The van der Waals surface area contributed by atoms with Gasteiger partial charge in [0.25, 0.3) is 0 Å². The number of nitrogens with one attached hydrogen (secondary N) is 1. The second-order valence-electron chi connectivity index (χ2n) is 5.10. The average molecular weight is 351 g/mol. The van der Waals surface area contributed by atoms with E-state index in [0.29, 0.717) is 10.6 Å². The molecule has 0 unspecified atom stereocenters. The van der Waals surface area contributed by atoms with Gasteiger partial charge in [-0.1, -0.05) is 27.5 Å². The van der Waals surface area contributed by atoms with E-state index in [1.807, 2.05) is 0 Å². The van der Waals surface area contributed by atoms with Crippen LogP contribution in [0.3, 0.4) is 0 Å². The summed E-state index contributed by atoms with van der Waals surface area (Å²) >= 11 is 9.18. The highest BCUT2D eigenvalue weighted by atomic mass is 79.9. The van der Waals surface area contributed by atoms with E-state index >= 15 is 0 Å². The fraction of sp³-hybridized carbons (Fsp3) is 0.462. The second kappa shape index (κ2) is 6.59. The number of alkyl carbamates (subject to hydrolysis) is 1. The monoisotopic (exact) mass is 349 g/mol. The summed E-state index contributed by atoms with van der Waals surface area (Å²) in [6, 6.07) is 5.11. The molecule has 0 bridgehead atoms. The van der Waals surface area contributed by atoms with Crippen LogP contribution in [0.5, 0.6) is 0 Å². The van der Waals surface area contributed by atoms with E-state index in [0.717, 1.165) is 4.47 Å². The van der Waals surface area contributed by atoms with Gasteiger partial charge in [0.1, 0.15) is 5.60 Å². The van der Waals surface area contributed by atoms with Gasteiger partial charge < -0.3 is 15.2 Å². The molecule has 0 aliphatic carbocycles. The van der Waals surface area contributed by atoms with Crippen LogP contribution in [-0.4, -0.2) is 23.3 Å². The summed E-state index contributed by atoms with van der Waals surface area (Å²) in [6.07, 6.45) is -1.41. The summed E-state index contributed by atoms with van der Waals surface area (Å²) in [5.41, 5.74) is 0.0594. The van der Waals surface area contributed by atoms with Crippen LogP contribution in [0, 0.1) is 0 Å². The Morgan fingerprint density at radius 3 is 2.63 bits per heavy atom. The van der Waals surface area contributed by atoms with E-state index in [1.165, 1.54) is 0 Å². The lowest BCUT2D eigenvalue weighted by Crippen LogP contribution is -2.34. The molecule has 0 heterocycles. The molecule has 1 aromatic rings. The summed E-state index contributed by atoms with van der Waals surface area (Å²) < 4.78 is 5.84. The number of ether oxygens (including phenoxy) is 1. The van der Waals surface area contributed by atoms with Crippen molar-refractivity contribution in [2.75, 3.05) is 6.54 Å². The molecule has 106 valence electrons. The Hall–Kier alpha value is -0.780. The molecule has 0 radical (unpaired) electrons. The minimum absolute atomic E-state index is 0.0572. The van der Waals surface area contributed by atoms with Crippen molar-refractivity contribution in [2.24, 2.45) is 0 Å². The predicted octanol–water partition coefficient (Wildman–Crippen LogP) is 3.66. The highest BCUT2D eigenvalue weighted by Crippen LogP contribution is 2.23. The number of hydrogen-bond acceptors (Lipinski definition) is 3. The van der Waals surface area contributed by atoms with Gasteiger partial charge in [-0.05, 0) is 44.5 Å². The third-order valence-corrected chi connectivity index (χ3v) is 2.78. The summed E-state index contributed by atoms with van der Waals surface area (Å²) in [6.45, 7) is 5.38. The Labute approximate surface area is 126 Å². The Balaban J connectivity index is 2.56. The number of carbonyl (C=O) groups is 1. The fourth-order valence-electron chi connectivity index (χ4n) is 1.38. The summed E-state index contributed by atoms with van der Waals surface area (Å²) in [7, 11) is 0. The Kier molecular flexibility index (Phi) is 5.64. The van der Waals surface area contributed by atoms with Crippen molar-refractivity contribution in [1.82, 2.24) is 5.32 Å². The molecule has 0 aliphatic rings. The van der Waals surface area contributed by atoms with Gasteiger partial charge in [0.15, 0.2) is 0 Å². The molecular formula is C13H17BrClNO3. The topological polar surface area (TPSA) is 58.6 Å². The summed E-state index contributed by atoms with van der Waals surface area (Å²) in [5, 5.41) is 13.0. The molecule has 0 aliphatic heterocycles. The number of carbonyl (C=O) groups excluding carboxylic acids is 1. The van der Waals surface area contributed by atoms with Crippen LogP contribution in [-0.2, 0) is 4.74 Å². The first-order chi connectivity index (χ1) is 8.67. The fourth-order valence-corrected chi connectivity index (χ4v) is 2.27. The molecule has 19 heavy (non-hydrogen) atoms. The summed E-state index contributed by atoms with van der Waals surface area (Å²) in [4.78, 5) is 11.4. The molecular weight excluding hydrogens is 334 g/mol. The van der Waals surface area contributed by atoms with E-state index in [4.69, 9.17) is 16.3 Å². The third-order valence-electron chi connectivity index (χ3n) is 2.11. The third kappa shape index (κ3) is 6.27. The van der Waals surface area contributed by atoms with Crippen LogP contribution in [0.25, 0.3) is 0 Å². The smallest absolute Gasteiger partial charge is 0.407 e. The van der Waals surface area contributed by atoms with E-state index in [-0.39, 0.29) is 6.54 Å². The number of aliphatic hydroxyl groups excluding tert-OH is 1. The van der Waals surface area contributed by atoms with Crippen molar-refractivity contribution in [1.29, 1.82) is 0 Å². The molecule has 0 saturated carbocycles. The molecule has 1 aromatic carbocycles. The van der Waals surface area contributed by atoms with Crippen molar-refractivity contribution in [3.8, 4) is 0 Å². The van der Waals surface area contributed by atoms with Gasteiger partial charge >= 0.3 is 6.09 Å². The Bertz CT molecular complexity index is 439. The maximum atomic E-state index is 11.4. The normalized spacial score (nSPS) is 12.9. The van der Waals surface area contributed by atoms with E-state index in [2.05, 4.69) is 21.2 Å². The number of rotatable bonds is 3. The van der Waals surface area contributed by atoms with Crippen molar-refractivity contribution < 1.29 is 14.6 Å². The molecule has 0 fully saturated rings. The first-order valence-corrected chi connectivity index (χ1v) is 6.95. The summed E-state index contributed by atoms with van der Waals surface area (Å²) in [5.74, 6) is 0. The zero-order valence-electron chi connectivity index (χ0n) is 11.0. The molecule has 0 aromatic heterocycles. The van der Waals surface area contributed by atoms with E-state index < -0.39 is 17.8 Å². The van der Waals surface area contributed by atoms with E-state index in [9.17, 15) is 9.90 Å². The zero-order chi connectivity index (χ0) is 14.6. The number of halogens is 2. The van der Waals surface area contributed by atoms with Crippen LogP contribution in [0.2, 0.25) is 5.02 Å². The molecule has 1 rings (SSSR count). The second-order valence-corrected chi connectivity index (χ2v) is 6.45.